The Hall–Kier alpha value is -2.73. The van der Waals surface area contributed by atoms with Crippen LogP contribution < -0.4 is 4.87 Å². The molecule has 5 heteroatoms. The summed E-state index contributed by atoms with van der Waals surface area (Å²) < 4.78 is 3.02. The number of hydrogen-bond acceptors (Lipinski definition) is 4. The Labute approximate surface area is 193 Å². The number of rotatable bonds is 7. The minimum Gasteiger partial charge on any atom is -0.301 e. The summed E-state index contributed by atoms with van der Waals surface area (Å²) in [4.78, 5) is 17.7. The van der Waals surface area contributed by atoms with Gasteiger partial charge in [0.2, 0.25) is 0 Å². The van der Waals surface area contributed by atoms with E-state index in [1.54, 1.807) is 0 Å². The number of para-hydroxylation sites is 1. The van der Waals surface area contributed by atoms with Gasteiger partial charge in [0.25, 0.3) is 0 Å². The van der Waals surface area contributed by atoms with Crippen molar-refractivity contribution in [3.05, 3.63) is 106 Å². The summed E-state index contributed by atoms with van der Waals surface area (Å²) in [6.45, 7) is 6.06. The van der Waals surface area contributed by atoms with Crippen LogP contribution in [-0.4, -0.2) is 47.1 Å². The maximum absolute atomic E-state index is 12.4. The van der Waals surface area contributed by atoms with Crippen LogP contribution in [-0.2, 0) is 6.54 Å². The summed E-state index contributed by atoms with van der Waals surface area (Å²) in [5.74, 6) is 0. The molecule has 0 radical (unpaired) electrons. The van der Waals surface area contributed by atoms with E-state index in [1.165, 1.54) is 22.5 Å². The number of piperazine rings is 1. The average molecular weight is 444 g/mol. The molecule has 3 aromatic carbocycles. The van der Waals surface area contributed by atoms with E-state index in [0.29, 0.717) is 6.04 Å². The summed E-state index contributed by atoms with van der Waals surface area (Å²) in [6.07, 6.45) is 1.00. The highest BCUT2D eigenvalue weighted by Gasteiger charge is 2.26. The van der Waals surface area contributed by atoms with Crippen LogP contribution in [0.4, 0.5) is 0 Å². The largest absolute Gasteiger partial charge is 0.308 e. The Balaban J connectivity index is 1.20. The van der Waals surface area contributed by atoms with E-state index in [2.05, 4.69) is 76.5 Å². The Kier molecular flexibility index (Phi) is 6.49. The molecule has 4 nitrogen and oxygen atoms in total. The van der Waals surface area contributed by atoms with Crippen LogP contribution in [0, 0.1) is 0 Å². The smallest absolute Gasteiger partial charge is 0.301 e. The van der Waals surface area contributed by atoms with Crippen LogP contribution in [0.5, 0.6) is 0 Å². The molecule has 0 saturated carbocycles. The lowest BCUT2D eigenvalue weighted by Crippen LogP contribution is -2.48. The van der Waals surface area contributed by atoms with Gasteiger partial charge in [0.1, 0.15) is 0 Å². The van der Waals surface area contributed by atoms with Crippen molar-refractivity contribution in [2.45, 2.75) is 19.0 Å². The van der Waals surface area contributed by atoms with Gasteiger partial charge in [0, 0.05) is 32.7 Å². The Morgan fingerprint density at radius 2 is 1.31 bits per heavy atom. The van der Waals surface area contributed by atoms with Gasteiger partial charge in [-0.15, -0.1) is 0 Å². The number of aryl methyl sites for hydroxylation is 1. The molecular formula is C27H29N3OS. The molecule has 1 fully saturated rings. The number of aromatic nitrogens is 1. The molecule has 4 aromatic rings. The van der Waals surface area contributed by atoms with E-state index >= 15 is 0 Å². The lowest BCUT2D eigenvalue weighted by molar-refractivity contribution is 0.108. The van der Waals surface area contributed by atoms with Gasteiger partial charge in [-0.05, 0) is 36.2 Å². The van der Waals surface area contributed by atoms with Gasteiger partial charge in [-0.3, -0.25) is 14.3 Å². The normalized spacial score (nSPS) is 15.5. The highest BCUT2D eigenvalue weighted by molar-refractivity contribution is 7.16. The molecule has 32 heavy (non-hydrogen) atoms. The molecule has 1 aliphatic rings. The van der Waals surface area contributed by atoms with Crippen LogP contribution in [0.15, 0.2) is 89.7 Å². The highest BCUT2D eigenvalue weighted by atomic mass is 32.1. The molecule has 2 heterocycles. The fourth-order valence-electron chi connectivity index (χ4n) is 4.81. The molecule has 0 N–H and O–H groups in total. The molecule has 0 bridgehead atoms. The molecule has 0 amide bonds. The first-order valence-electron chi connectivity index (χ1n) is 11.4. The SMILES string of the molecule is O=c1sc2ccccc2n1CCCN1CCN(C(c2ccccc2)c2ccccc2)CC1. The molecule has 1 aliphatic heterocycles. The number of fused-ring (bicyclic) bond motifs is 1. The van der Waals surface area contributed by atoms with Crippen molar-refractivity contribution >= 4 is 21.6 Å². The van der Waals surface area contributed by atoms with Crippen molar-refractivity contribution in [3.8, 4) is 0 Å². The third-order valence-corrected chi connectivity index (χ3v) is 7.39. The van der Waals surface area contributed by atoms with Crippen LogP contribution in [0.25, 0.3) is 10.2 Å². The van der Waals surface area contributed by atoms with Gasteiger partial charge in [0.15, 0.2) is 0 Å². The fourth-order valence-corrected chi connectivity index (χ4v) is 5.73. The Bertz CT molecular complexity index is 1150. The molecule has 0 unspecified atom stereocenters. The monoisotopic (exact) mass is 443 g/mol. The lowest BCUT2D eigenvalue weighted by Gasteiger charge is -2.39. The van der Waals surface area contributed by atoms with Crippen LogP contribution in [0.3, 0.4) is 0 Å². The highest BCUT2D eigenvalue weighted by Crippen LogP contribution is 2.29. The van der Waals surface area contributed by atoms with Gasteiger partial charge in [-0.25, -0.2) is 0 Å². The van der Waals surface area contributed by atoms with Gasteiger partial charge >= 0.3 is 4.87 Å². The molecule has 5 rings (SSSR count). The molecule has 0 atom stereocenters. The first-order chi connectivity index (χ1) is 15.8. The standard InChI is InChI=1S/C27H29N3OS/c31-27-30(24-14-7-8-15-25(24)32-27)17-9-16-28-18-20-29(21-19-28)26(22-10-3-1-4-11-22)23-12-5-2-6-13-23/h1-8,10-15,26H,9,16-21H2. The van der Waals surface area contributed by atoms with Crippen molar-refractivity contribution in [1.29, 1.82) is 0 Å². The van der Waals surface area contributed by atoms with Gasteiger partial charge in [0.05, 0.1) is 16.3 Å². The second kappa shape index (κ2) is 9.82. The fraction of sp³-hybridized carbons (Fsp3) is 0.296. The van der Waals surface area contributed by atoms with Crippen molar-refractivity contribution in [2.75, 3.05) is 32.7 Å². The Morgan fingerprint density at radius 1 is 0.719 bits per heavy atom. The number of nitrogens with zero attached hydrogens (tertiary/aromatic N) is 3. The van der Waals surface area contributed by atoms with E-state index in [-0.39, 0.29) is 4.87 Å². The molecule has 1 aromatic heterocycles. The predicted molar refractivity (Wildman–Crippen MR) is 133 cm³/mol. The van der Waals surface area contributed by atoms with E-state index in [0.717, 1.165) is 55.9 Å². The third kappa shape index (κ3) is 4.56. The van der Waals surface area contributed by atoms with Crippen molar-refractivity contribution < 1.29 is 0 Å². The van der Waals surface area contributed by atoms with E-state index in [1.807, 2.05) is 22.8 Å². The van der Waals surface area contributed by atoms with E-state index in [9.17, 15) is 4.79 Å². The van der Waals surface area contributed by atoms with Crippen molar-refractivity contribution in [1.82, 2.24) is 14.4 Å². The summed E-state index contributed by atoms with van der Waals surface area (Å²) in [5, 5.41) is 0. The summed E-state index contributed by atoms with van der Waals surface area (Å²) in [7, 11) is 0. The quantitative estimate of drug-likeness (QED) is 0.408. The third-order valence-electron chi connectivity index (χ3n) is 6.43. The molecule has 164 valence electrons. The summed E-state index contributed by atoms with van der Waals surface area (Å²) >= 11 is 1.35. The van der Waals surface area contributed by atoms with Crippen LogP contribution >= 0.6 is 11.3 Å². The average Bonchev–Trinajstić information content (AvgIpc) is 3.17. The van der Waals surface area contributed by atoms with Gasteiger partial charge in [-0.1, -0.05) is 84.1 Å². The maximum Gasteiger partial charge on any atom is 0.308 e. The second-order valence-corrected chi connectivity index (χ2v) is 9.44. The predicted octanol–water partition coefficient (Wildman–Crippen LogP) is 4.86. The first kappa shape index (κ1) is 21.1. The molecular weight excluding hydrogens is 414 g/mol. The van der Waals surface area contributed by atoms with E-state index < -0.39 is 0 Å². The minimum atomic E-state index is 0.157. The molecule has 1 saturated heterocycles. The van der Waals surface area contributed by atoms with Crippen molar-refractivity contribution in [3.63, 3.8) is 0 Å². The van der Waals surface area contributed by atoms with Crippen LogP contribution in [0.2, 0.25) is 0 Å². The molecule has 0 spiro atoms. The number of hydrogen-bond donors (Lipinski definition) is 0. The summed E-state index contributed by atoms with van der Waals surface area (Å²) in [5.41, 5.74) is 3.78. The maximum atomic E-state index is 12.4. The zero-order valence-electron chi connectivity index (χ0n) is 18.3. The minimum absolute atomic E-state index is 0.157. The molecule has 0 aliphatic carbocycles. The first-order valence-corrected chi connectivity index (χ1v) is 12.3. The zero-order chi connectivity index (χ0) is 21.8. The van der Waals surface area contributed by atoms with Gasteiger partial charge < -0.3 is 4.90 Å². The Morgan fingerprint density at radius 3 is 1.97 bits per heavy atom. The van der Waals surface area contributed by atoms with Gasteiger partial charge in [-0.2, -0.15) is 0 Å². The zero-order valence-corrected chi connectivity index (χ0v) is 19.1. The lowest BCUT2D eigenvalue weighted by atomic mass is 9.96. The topological polar surface area (TPSA) is 28.5 Å². The number of benzene rings is 3. The van der Waals surface area contributed by atoms with Crippen molar-refractivity contribution in [2.24, 2.45) is 0 Å². The van der Waals surface area contributed by atoms with E-state index in [4.69, 9.17) is 0 Å². The summed E-state index contributed by atoms with van der Waals surface area (Å²) in [6, 6.07) is 30.1. The number of thiazole rings is 1. The van der Waals surface area contributed by atoms with Crippen LogP contribution in [0.1, 0.15) is 23.6 Å². The second-order valence-electron chi connectivity index (χ2n) is 8.44.